The molecule has 0 amide bonds. The van der Waals surface area contributed by atoms with Gasteiger partial charge in [0.25, 0.3) is 0 Å². The Morgan fingerprint density at radius 1 is 0.365 bits per heavy atom. The fraction of sp³-hybridized carbons (Fsp3) is 0.981. The molecule has 374 valence electrons. The largest absolute Gasteiger partial charge is 0.458 e. The maximum absolute atomic E-state index is 12.2. The van der Waals surface area contributed by atoms with Crippen molar-refractivity contribution in [3.63, 3.8) is 0 Å². The fourth-order valence-corrected chi connectivity index (χ4v) is 9.10. The molecule has 0 aromatic rings. The van der Waals surface area contributed by atoms with Crippen molar-refractivity contribution in [2.45, 2.75) is 301 Å². The lowest BCUT2D eigenvalue weighted by Gasteiger charge is -2.33. The number of carbonyl (C=O) groups is 1. The molecule has 0 aliphatic heterocycles. The van der Waals surface area contributed by atoms with Crippen LogP contribution in [0.3, 0.4) is 0 Å². The molecule has 0 heterocycles. The Bertz CT molecular complexity index is 1030. The van der Waals surface area contributed by atoms with Gasteiger partial charge in [-0.2, -0.15) is 0 Å². The second-order valence-electron chi connectivity index (χ2n) is 19.3. The van der Waals surface area contributed by atoms with Gasteiger partial charge in [-0.1, -0.05) is 277 Å². The molecule has 0 bridgehead atoms. The Kier molecular flexibility index (Phi) is 44.0. The summed E-state index contributed by atoms with van der Waals surface area (Å²) in [7, 11) is 0. The molecule has 0 saturated heterocycles. The number of nitro groups is 2. The van der Waals surface area contributed by atoms with Gasteiger partial charge in [0.2, 0.25) is 0 Å². The third-order valence-electron chi connectivity index (χ3n) is 13.8. The number of unbranched alkanes of at least 4 members (excludes halogenated alkanes) is 42. The van der Waals surface area contributed by atoms with Crippen molar-refractivity contribution in [3.05, 3.63) is 20.2 Å². The third-order valence-corrected chi connectivity index (χ3v) is 13.8. The quantitative estimate of drug-likeness (QED) is 0.0232. The van der Waals surface area contributed by atoms with Crippen molar-refractivity contribution in [1.82, 2.24) is 0 Å². The lowest BCUT2D eigenvalue weighted by molar-refractivity contribution is -0.693. The van der Waals surface area contributed by atoms with Gasteiger partial charge in [0.1, 0.15) is 19.8 Å². The van der Waals surface area contributed by atoms with Gasteiger partial charge in [-0.3, -0.25) is 25.0 Å². The van der Waals surface area contributed by atoms with E-state index in [9.17, 15) is 40.3 Å². The summed E-state index contributed by atoms with van der Waals surface area (Å²) in [6.45, 7) is -3.04. The van der Waals surface area contributed by atoms with Crippen molar-refractivity contribution < 1.29 is 34.7 Å². The standard InChI is InChI=1S/C52H102N2O9/c1-2-3-4-5-6-7-8-9-10-11-12-13-14-15-16-17-18-19-20-21-22-23-24-25-26-27-28-29-30-31-32-33-34-35-36-37-38-39-40-41-42-43-44-45-50(58)63-49-52(48-57,54(61)62)51(46-55,47-56)53(59)60/h55-57H,2-49H2,1H3. The van der Waals surface area contributed by atoms with E-state index in [0.717, 1.165) is 25.7 Å². The van der Waals surface area contributed by atoms with Crippen LogP contribution >= 0.6 is 0 Å². The molecule has 1 unspecified atom stereocenters. The fourth-order valence-electron chi connectivity index (χ4n) is 9.10. The molecule has 0 aliphatic rings. The van der Waals surface area contributed by atoms with Crippen LogP contribution in [0.1, 0.15) is 289 Å². The summed E-state index contributed by atoms with van der Waals surface area (Å²) in [6, 6.07) is 0. The summed E-state index contributed by atoms with van der Waals surface area (Å²) in [5.41, 5.74) is -5.78. The molecule has 0 fully saturated rings. The average molecular weight is 899 g/mol. The molecule has 0 spiro atoms. The second-order valence-corrected chi connectivity index (χ2v) is 19.3. The van der Waals surface area contributed by atoms with Gasteiger partial charge in [-0.25, -0.2) is 0 Å². The minimum absolute atomic E-state index is 0.0112. The summed E-state index contributed by atoms with van der Waals surface area (Å²) in [4.78, 5) is 33.0. The molecule has 11 heteroatoms. The topological polar surface area (TPSA) is 173 Å². The van der Waals surface area contributed by atoms with Crippen molar-refractivity contribution >= 4 is 5.97 Å². The lowest BCUT2D eigenvalue weighted by Crippen LogP contribution is -2.71. The van der Waals surface area contributed by atoms with Crippen LogP contribution in [-0.2, 0) is 9.53 Å². The van der Waals surface area contributed by atoms with Gasteiger partial charge in [0.05, 0.1) is 0 Å². The number of nitrogens with zero attached hydrogens (tertiary/aromatic N) is 2. The summed E-state index contributed by atoms with van der Waals surface area (Å²) < 4.78 is 4.93. The molecular formula is C52H102N2O9. The summed E-state index contributed by atoms with van der Waals surface area (Å²) >= 11 is 0. The highest BCUT2D eigenvalue weighted by Crippen LogP contribution is 2.30. The number of carbonyl (C=O) groups excluding carboxylic acids is 1. The molecule has 0 aromatic heterocycles. The molecule has 0 radical (unpaired) electrons. The van der Waals surface area contributed by atoms with Crippen LogP contribution < -0.4 is 0 Å². The van der Waals surface area contributed by atoms with E-state index < -0.39 is 53.3 Å². The summed E-state index contributed by atoms with van der Waals surface area (Å²) in [5.74, 6) is -0.778. The number of aliphatic hydroxyl groups excluding tert-OH is 3. The predicted octanol–water partition coefficient (Wildman–Crippen LogP) is 14.7. The Hall–Kier alpha value is -1.85. The van der Waals surface area contributed by atoms with Crippen LogP contribution in [0.25, 0.3) is 0 Å². The average Bonchev–Trinajstić information content (AvgIpc) is 3.28. The predicted molar refractivity (Wildman–Crippen MR) is 260 cm³/mol. The number of aliphatic hydroxyl groups is 3. The van der Waals surface area contributed by atoms with Crippen molar-refractivity contribution in [3.8, 4) is 0 Å². The SMILES string of the molecule is CCCCCCCCCCCCCCCCCCCCCCCCCCCCCCCCCCCCCCCCCCCCCC(=O)OCC(CO)([N+](=O)[O-])C(CO)(CO)[N+](=O)[O-]. The highest BCUT2D eigenvalue weighted by molar-refractivity contribution is 5.69. The number of hydrogen-bond donors (Lipinski definition) is 3. The van der Waals surface area contributed by atoms with Crippen LogP contribution in [0.15, 0.2) is 0 Å². The lowest BCUT2D eigenvalue weighted by atomic mass is 9.79. The summed E-state index contributed by atoms with van der Waals surface area (Å²) in [6.07, 6.45) is 58.4. The van der Waals surface area contributed by atoms with Gasteiger partial charge in [0.15, 0.2) is 6.61 Å². The van der Waals surface area contributed by atoms with Gasteiger partial charge < -0.3 is 20.1 Å². The first kappa shape index (κ1) is 61.1. The van der Waals surface area contributed by atoms with Gasteiger partial charge in [-0.15, -0.1) is 0 Å². The van der Waals surface area contributed by atoms with Gasteiger partial charge >= 0.3 is 17.0 Å². The number of esters is 1. The molecular weight excluding hydrogens is 797 g/mol. The Morgan fingerprint density at radius 3 is 0.730 bits per heavy atom. The molecule has 0 saturated carbocycles. The summed E-state index contributed by atoms with van der Waals surface area (Å²) in [5, 5.41) is 51.9. The van der Waals surface area contributed by atoms with E-state index in [1.165, 1.54) is 244 Å². The first-order valence-electron chi connectivity index (χ1n) is 27.0. The van der Waals surface area contributed by atoms with E-state index >= 15 is 0 Å². The van der Waals surface area contributed by atoms with Gasteiger partial charge in [0, 0.05) is 16.3 Å². The molecule has 0 rings (SSSR count). The second kappa shape index (κ2) is 45.3. The molecule has 3 N–H and O–H groups in total. The number of ether oxygens (including phenoxy) is 1. The monoisotopic (exact) mass is 899 g/mol. The van der Waals surface area contributed by atoms with E-state index in [0.29, 0.717) is 6.42 Å². The van der Waals surface area contributed by atoms with E-state index in [1.54, 1.807) is 0 Å². The molecule has 0 aromatic carbocycles. The zero-order valence-corrected chi connectivity index (χ0v) is 41.1. The number of hydrogen-bond acceptors (Lipinski definition) is 9. The molecule has 1 atom stereocenters. The van der Waals surface area contributed by atoms with Crippen LogP contribution in [0.5, 0.6) is 0 Å². The minimum Gasteiger partial charge on any atom is -0.458 e. The third kappa shape index (κ3) is 32.5. The normalized spacial score (nSPS) is 12.8. The van der Waals surface area contributed by atoms with E-state index in [4.69, 9.17) is 4.74 Å². The number of rotatable bonds is 52. The van der Waals surface area contributed by atoms with Gasteiger partial charge in [-0.05, 0) is 6.42 Å². The highest BCUT2D eigenvalue weighted by Gasteiger charge is 2.71. The maximum atomic E-state index is 12.2. The van der Waals surface area contributed by atoms with Crippen molar-refractivity contribution in [2.75, 3.05) is 26.4 Å². The zero-order valence-electron chi connectivity index (χ0n) is 41.1. The Labute approximate surface area is 386 Å². The smallest absolute Gasteiger partial charge is 0.350 e. The molecule has 0 aliphatic carbocycles. The van der Waals surface area contributed by atoms with E-state index in [2.05, 4.69) is 6.92 Å². The first-order valence-corrected chi connectivity index (χ1v) is 27.0. The Balaban J connectivity index is 3.38. The highest BCUT2D eigenvalue weighted by atomic mass is 16.7. The Morgan fingerprint density at radius 2 is 0.556 bits per heavy atom. The van der Waals surface area contributed by atoms with Crippen LogP contribution in [-0.4, -0.2) is 68.6 Å². The molecule has 11 nitrogen and oxygen atoms in total. The maximum Gasteiger partial charge on any atom is 0.350 e. The van der Waals surface area contributed by atoms with Crippen molar-refractivity contribution in [1.29, 1.82) is 0 Å². The van der Waals surface area contributed by atoms with Crippen LogP contribution in [0.4, 0.5) is 0 Å². The molecule has 63 heavy (non-hydrogen) atoms. The first-order chi connectivity index (χ1) is 30.8. The minimum atomic E-state index is -2.91. The van der Waals surface area contributed by atoms with E-state index in [-0.39, 0.29) is 6.42 Å². The zero-order chi connectivity index (χ0) is 46.4. The van der Waals surface area contributed by atoms with Crippen molar-refractivity contribution in [2.24, 2.45) is 0 Å². The van der Waals surface area contributed by atoms with E-state index in [1.807, 2.05) is 0 Å². The van der Waals surface area contributed by atoms with Crippen LogP contribution in [0, 0.1) is 20.2 Å². The van der Waals surface area contributed by atoms with Crippen LogP contribution in [0.2, 0.25) is 0 Å².